The number of nitrogens with zero attached hydrogens (tertiary/aromatic N) is 2. The van der Waals surface area contributed by atoms with E-state index in [1.807, 2.05) is 18.7 Å². The van der Waals surface area contributed by atoms with E-state index in [2.05, 4.69) is 16.5 Å². The van der Waals surface area contributed by atoms with Gasteiger partial charge < -0.3 is 5.32 Å². The Labute approximate surface area is 89.7 Å². The second kappa shape index (κ2) is 4.31. The van der Waals surface area contributed by atoms with Gasteiger partial charge in [-0.3, -0.25) is 4.68 Å². The first-order chi connectivity index (χ1) is 7.15. The van der Waals surface area contributed by atoms with Crippen LogP contribution in [0, 0.1) is 6.92 Å². The topological polar surface area (TPSA) is 29.9 Å². The van der Waals surface area contributed by atoms with Gasteiger partial charge in [-0.05, 0) is 32.3 Å². The number of halogens is 1. The van der Waals surface area contributed by atoms with E-state index < -0.39 is 6.17 Å². The third kappa shape index (κ3) is 2.56. The monoisotopic (exact) mass is 211 g/mol. The van der Waals surface area contributed by atoms with Crippen LogP contribution in [-0.4, -0.2) is 22.0 Å². The van der Waals surface area contributed by atoms with Gasteiger partial charge in [-0.2, -0.15) is 5.10 Å². The molecule has 1 heterocycles. The van der Waals surface area contributed by atoms with Crippen molar-refractivity contribution in [3.05, 3.63) is 17.5 Å². The lowest BCUT2D eigenvalue weighted by Crippen LogP contribution is -2.27. The summed E-state index contributed by atoms with van der Waals surface area (Å²) >= 11 is 0. The molecular weight excluding hydrogens is 193 g/mol. The number of aromatic nitrogens is 2. The van der Waals surface area contributed by atoms with Gasteiger partial charge in [-0.15, -0.1) is 0 Å². The summed E-state index contributed by atoms with van der Waals surface area (Å²) in [6.45, 7) is 2.77. The summed E-state index contributed by atoms with van der Waals surface area (Å²) < 4.78 is 14.8. The maximum Gasteiger partial charge on any atom is 0.102 e. The Morgan fingerprint density at radius 1 is 1.60 bits per heavy atom. The largest absolute Gasteiger partial charge is 0.308 e. The molecule has 0 spiro atoms. The summed E-state index contributed by atoms with van der Waals surface area (Å²) in [4.78, 5) is 0. The molecule has 0 amide bonds. The van der Waals surface area contributed by atoms with Gasteiger partial charge in [-0.25, -0.2) is 4.39 Å². The van der Waals surface area contributed by atoms with Gasteiger partial charge in [0.2, 0.25) is 0 Å². The van der Waals surface area contributed by atoms with Crippen molar-refractivity contribution in [2.24, 2.45) is 7.05 Å². The first-order valence-corrected chi connectivity index (χ1v) is 5.52. The van der Waals surface area contributed by atoms with E-state index in [1.54, 1.807) is 0 Å². The fourth-order valence-electron chi connectivity index (χ4n) is 2.19. The first kappa shape index (κ1) is 10.6. The van der Waals surface area contributed by atoms with E-state index in [0.29, 0.717) is 18.9 Å². The maximum absolute atomic E-state index is 12.9. The molecule has 0 aliphatic heterocycles. The molecule has 1 aliphatic rings. The van der Waals surface area contributed by atoms with Crippen LogP contribution in [0.1, 0.15) is 30.7 Å². The molecule has 84 valence electrons. The number of rotatable bonds is 3. The highest BCUT2D eigenvalue weighted by Crippen LogP contribution is 2.22. The zero-order chi connectivity index (χ0) is 10.8. The molecule has 3 nitrogen and oxygen atoms in total. The summed E-state index contributed by atoms with van der Waals surface area (Å²) in [7, 11) is 1.94. The molecule has 0 radical (unpaired) electrons. The summed E-state index contributed by atoms with van der Waals surface area (Å²) in [6.07, 6.45) is 1.73. The van der Waals surface area contributed by atoms with Gasteiger partial charge in [-0.1, -0.05) is 0 Å². The zero-order valence-corrected chi connectivity index (χ0v) is 9.33. The van der Waals surface area contributed by atoms with Gasteiger partial charge in [0.05, 0.1) is 11.4 Å². The molecule has 0 aromatic carbocycles. The van der Waals surface area contributed by atoms with E-state index in [9.17, 15) is 4.39 Å². The lowest BCUT2D eigenvalue weighted by atomic mass is 10.2. The maximum atomic E-state index is 12.9. The number of hydrogen-bond acceptors (Lipinski definition) is 2. The van der Waals surface area contributed by atoms with Crippen LogP contribution in [-0.2, 0) is 13.6 Å². The molecule has 15 heavy (non-hydrogen) atoms. The van der Waals surface area contributed by atoms with E-state index in [0.717, 1.165) is 24.4 Å². The molecule has 1 saturated carbocycles. The second-order valence-corrected chi connectivity index (χ2v) is 4.39. The summed E-state index contributed by atoms with van der Waals surface area (Å²) in [5.74, 6) is 0. The Balaban J connectivity index is 1.85. The molecular formula is C11H18FN3. The average Bonchev–Trinajstić information content (AvgIpc) is 2.70. The third-order valence-electron chi connectivity index (χ3n) is 3.04. The normalized spacial score (nSPS) is 26.1. The minimum absolute atomic E-state index is 0.343. The molecule has 1 aliphatic carbocycles. The Morgan fingerprint density at radius 2 is 2.40 bits per heavy atom. The number of aryl methyl sites for hydroxylation is 2. The second-order valence-electron chi connectivity index (χ2n) is 4.39. The molecule has 0 saturated heterocycles. The molecule has 2 rings (SSSR count). The fourth-order valence-corrected chi connectivity index (χ4v) is 2.19. The van der Waals surface area contributed by atoms with Crippen molar-refractivity contribution in [2.75, 3.05) is 0 Å². The third-order valence-corrected chi connectivity index (χ3v) is 3.04. The predicted octanol–water partition coefficient (Wildman–Crippen LogP) is 1.71. The molecule has 2 atom stereocenters. The molecule has 0 bridgehead atoms. The Morgan fingerprint density at radius 3 is 2.93 bits per heavy atom. The Bertz CT molecular complexity index is 335. The van der Waals surface area contributed by atoms with Crippen molar-refractivity contribution >= 4 is 0 Å². The van der Waals surface area contributed by atoms with Crippen LogP contribution in [0.2, 0.25) is 0 Å². The minimum atomic E-state index is -0.601. The van der Waals surface area contributed by atoms with Crippen molar-refractivity contribution in [3.63, 3.8) is 0 Å². The quantitative estimate of drug-likeness (QED) is 0.825. The van der Waals surface area contributed by atoms with Crippen LogP contribution < -0.4 is 5.32 Å². The average molecular weight is 211 g/mol. The van der Waals surface area contributed by atoms with Crippen molar-refractivity contribution in [1.29, 1.82) is 0 Å². The lowest BCUT2D eigenvalue weighted by molar-refractivity contribution is 0.333. The van der Waals surface area contributed by atoms with Gasteiger partial charge in [0.25, 0.3) is 0 Å². The van der Waals surface area contributed by atoms with Crippen LogP contribution in [0.25, 0.3) is 0 Å². The van der Waals surface area contributed by atoms with E-state index in [-0.39, 0.29) is 0 Å². The number of alkyl halides is 1. The van der Waals surface area contributed by atoms with Crippen LogP contribution in [0.5, 0.6) is 0 Å². The predicted molar refractivity (Wildman–Crippen MR) is 57.3 cm³/mol. The van der Waals surface area contributed by atoms with Gasteiger partial charge in [0.1, 0.15) is 6.17 Å². The standard InChI is InChI=1S/C11H18FN3/c1-8-5-11(15(2)14-8)7-13-10-4-3-9(12)6-10/h5,9-10,13H,3-4,6-7H2,1-2H3. The summed E-state index contributed by atoms with van der Waals surface area (Å²) in [6, 6.07) is 2.41. The molecule has 1 fully saturated rings. The number of hydrogen-bond donors (Lipinski definition) is 1. The van der Waals surface area contributed by atoms with E-state index >= 15 is 0 Å². The highest BCUT2D eigenvalue weighted by atomic mass is 19.1. The minimum Gasteiger partial charge on any atom is -0.308 e. The summed E-state index contributed by atoms with van der Waals surface area (Å²) in [5.41, 5.74) is 2.19. The highest BCUT2D eigenvalue weighted by Gasteiger charge is 2.23. The molecule has 1 aromatic heterocycles. The molecule has 1 N–H and O–H groups in total. The van der Waals surface area contributed by atoms with Crippen molar-refractivity contribution in [3.8, 4) is 0 Å². The Kier molecular flexibility index (Phi) is 3.05. The van der Waals surface area contributed by atoms with E-state index in [4.69, 9.17) is 0 Å². The first-order valence-electron chi connectivity index (χ1n) is 5.52. The van der Waals surface area contributed by atoms with Crippen LogP contribution in [0.3, 0.4) is 0 Å². The van der Waals surface area contributed by atoms with E-state index in [1.165, 1.54) is 0 Å². The van der Waals surface area contributed by atoms with Crippen molar-refractivity contribution < 1.29 is 4.39 Å². The van der Waals surface area contributed by atoms with Crippen molar-refractivity contribution in [2.45, 2.75) is 44.9 Å². The van der Waals surface area contributed by atoms with Gasteiger partial charge >= 0.3 is 0 Å². The van der Waals surface area contributed by atoms with Gasteiger partial charge in [0, 0.05) is 19.6 Å². The zero-order valence-electron chi connectivity index (χ0n) is 9.33. The Hall–Kier alpha value is -0.900. The highest BCUT2D eigenvalue weighted by molar-refractivity contribution is 5.08. The van der Waals surface area contributed by atoms with Gasteiger partial charge in [0.15, 0.2) is 0 Å². The van der Waals surface area contributed by atoms with Crippen molar-refractivity contribution in [1.82, 2.24) is 15.1 Å². The van der Waals surface area contributed by atoms with Crippen LogP contribution >= 0.6 is 0 Å². The molecule has 4 heteroatoms. The van der Waals surface area contributed by atoms with Crippen LogP contribution in [0.15, 0.2) is 6.07 Å². The number of nitrogens with one attached hydrogen (secondary N) is 1. The fraction of sp³-hybridized carbons (Fsp3) is 0.727. The van der Waals surface area contributed by atoms with Crippen LogP contribution in [0.4, 0.5) is 4.39 Å². The molecule has 2 unspecified atom stereocenters. The smallest absolute Gasteiger partial charge is 0.102 e. The SMILES string of the molecule is Cc1cc(CNC2CCC(F)C2)n(C)n1. The lowest BCUT2D eigenvalue weighted by Gasteiger charge is -2.11. The summed E-state index contributed by atoms with van der Waals surface area (Å²) in [5, 5.41) is 7.66. The molecule has 1 aromatic rings.